The van der Waals surface area contributed by atoms with Crippen molar-refractivity contribution >= 4 is 15.9 Å². The molecule has 1 aliphatic heterocycles. The van der Waals surface area contributed by atoms with Crippen molar-refractivity contribution in [2.24, 2.45) is 0 Å². The van der Waals surface area contributed by atoms with Gasteiger partial charge in [-0.3, -0.25) is 4.79 Å². The van der Waals surface area contributed by atoms with Crippen LogP contribution in [0.3, 0.4) is 0 Å². The van der Waals surface area contributed by atoms with Crippen molar-refractivity contribution in [1.82, 2.24) is 14.4 Å². The summed E-state index contributed by atoms with van der Waals surface area (Å²) in [6, 6.07) is 1.59. The van der Waals surface area contributed by atoms with Gasteiger partial charge in [-0.1, -0.05) is 5.16 Å². The maximum Gasteiger partial charge on any atom is 0.276 e. The predicted octanol–water partition coefficient (Wildman–Crippen LogP) is 0.481. The largest absolute Gasteiger partial charge is 0.361 e. The van der Waals surface area contributed by atoms with Gasteiger partial charge < -0.3 is 9.42 Å². The molecule has 0 aromatic carbocycles. The Hall–Kier alpha value is -1.41. The maximum absolute atomic E-state index is 12.2. The minimum Gasteiger partial charge on any atom is -0.361 e. The monoisotopic (exact) mass is 301 g/mol. The van der Waals surface area contributed by atoms with E-state index in [1.54, 1.807) is 24.8 Å². The molecule has 0 saturated carbocycles. The molecule has 0 unspecified atom stereocenters. The molecule has 1 aliphatic rings. The van der Waals surface area contributed by atoms with Crippen LogP contribution >= 0.6 is 0 Å². The fraction of sp³-hybridized carbons (Fsp3) is 0.667. The molecule has 0 atom stereocenters. The predicted molar refractivity (Wildman–Crippen MR) is 72.8 cm³/mol. The Balaban J connectivity index is 2.05. The molecule has 7 nitrogen and oxygen atoms in total. The summed E-state index contributed by atoms with van der Waals surface area (Å²) in [4.78, 5) is 13.9. The lowest BCUT2D eigenvalue weighted by Crippen LogP contribution is -2.38. The van der Waals surface area contributed by atoms with Crippen LogP contribution in [0.5, 0.6) is 0 Å². The summed E-state index contributed by atoms with van der Waals surface area (Å²) in [5.41, 5.74) is 0.272. The number of aromatic nitrogens is 1. The highest BCUT2D eigenvalue weighted by atomic mass is 32.2. The first-order valence-electron chi connectivity index (χ1n) is 6.64. The molecule has 1 saturated heterocycles. The van der Waals surface area contributed by atoms with Gasteiger partial charge in [0.1, 0.15) is 5.76 Å². The highest BCUT2D eigenvalue weighted by Crippen LogP contribution is 2.12. The highest BCUT2D eigenvalue weighted by molar-refractivity contribution is 7.89. The van der Waals surface area contributed by atoms with Crippen molar-refractivity contribution in [2.45, 2.75) is 20.3 Å². The second kappa shape index (κ2) is 5.92. The number of hydrogen-bond acceptors (Lipinski definition) is 5. The van der Waals surface area contributed by atoms with Gasteiger partial charge in [-0.05, 0) is 20.3 Å². The summed E-state index contributed by atoms with van der Waals surface area (Å²) >= 11 is 0. The molecule has 0 N–H and O–H groups in total. The van der Waals surface area contributed by atoms with Crippen LogP contribution in [0.4, 0.5) is 0 Å². The van der Waals surface area contributed by atoms with E-state index in [9.17, 15) is 13.2 Å². The van der Waals surface area contributed by atoms with Gasteiger partial charge in [0, 0.05) is 32.2 Å². The average Bonchev–Trinajstić information content (AvgIpc) is 2.71. The summed E-state index contributed by atoms with van der Waals surface area (Å²) in [6.07, 6.45) is 0.627. The lowest BCUT2D eigenvalue weighted by Gasteiger charge is -2.20. The van der Waals surface area contributed by atoms with E-state index in [4.69, 9.17) is 4.52 Å². The standard InChI is InChI=1S/C12H19N3O4S/c1-3-20(17,18)15-6-4-5-14(7-8-15)12(16)11-9-10(2)19-13-11/h9H,3-8H2,1-2H3. The molecule has 0 aliphatic carbocycles. The summed E-state index contributed by atoms with van der Waals surface area (Å²) in [5.74, 6) is 0.458. The molecule has 1 aromatic rings. The van der Waals surface area contributed by atoms with E-state index in [1.165, 1.54) is 4.31 Å². The van der Waals surface area contributed by atoms with Gasteiger partial charge in [-0.2, -0.15) is 0 Å². The zero-order valence-corrected chi connectivity index (χ0v) is 12.5. The summed E-state index contributed by atoms with van der Waals surface area (Å²) in [7, 11) is -3.19. The number of sulfonamides is 1. The van der Waals surface area contributed by atoms with Crippen LogP contribution in [0.15, 0.2) is 10.6 Å². The van der Waals surface area contributed by atoms with E-state index >= 15 is 0 Å². The third-order valence-corrected chi connectivity index (χ3v) is 5.23. The fourth-order valence-electron chi connectivity index (χ4n) is 2.19. The number of carbonyl (C=O) groups excluding carboxylic acids is 1. The average molecular weight is 301 g/mol. The molecular formula is C12H19N3O4S. The molecular weight excluding hydrogens is 282 g/mol. The molecule has 0 bridgehead atoms. The number of rotatable bonds is 3. The van der Waals surface area contributed by atoms with Gasteiger partial charge in [-0.15, -0.1) is 0 Å². The first-order valence-corrected chi connectivity index (χ1v) is 8.25. The van der Waals surface area contributed by atoms with Crippen molar-refractivity contribution in [3.8, 4) is 0 Å². The minimum atomic E-state index is -3.19. The number of amides is 1. The molecule has 0 spiro atoms. The zero-order chi connectivity index (χ0) is 14.8. The zero-order valence-electron chi connectivity index (χ0n) is 11.7. The van der Waals surface area contributed by atoms with Crippen LogP contribution in [0.2, 0.25) is 0 Å². The van der Waals surface area contributed by atoms with Gasteiger partial charge in [0.2, 0.25) is 10.0 Å². The Kier molecular flexibility index (Phi) is 4.44. The lowest BCUT2D eigenvalue weighted by molar-refractivity contribution is 0.0754. The summed E-state index contributed by atoms with van der Waals surface area (Å²) in [5, 5.41) is 3.71. The summed E-state index contributed by atoms with van der Waals surface area (Å²) in [6.45, 7) is 5.05. The van der Waals surface area contributed by atoms with Crippen LogP contribution in [0.1, 0.15) is 29.6 Å². The van der Waals surface area contributed by atoms with Crippen molar-refractivity contribution in [3.05, 3.63) is 17.5 Å². The van der Waals surface area contributed by atoms with E-state index in [0.717, 1.165) is 0 Å². The normalized spacial score (nSPS) is 18.0. The Bertz CT molecular complexity index is 581. The smallest absolute Gasteiger partial charge is 0.276 e. The molecule has 1 aromatic heterocycles. The Morgan fingerprint density at radius 1 is 1.35 bits per heavy atom. The van der Waals surface area contributed by atoms with Gasteiger partial charge in [0.05, 0.1) is 5.75 Å². The van der Waals surface area contributed by atoms with Crippen molar-refractivity contribution in [2.75, 3.05) is 31.9 Å². The third kappa shape index (κ3) is 3.18. The van der Waals surface area contributed by atoms with Gasteiger partial charge in [0.25, 0.3) is 5.91 Å². The quantitative estimate of drug-likeness (QED) is 0.811. The van der Waals surface area contributed by atoms with Gasteiger partial charge in [0.15, 0.2) is 5.69 Å². The Morgan fingerprint density at radius 2 is 2.10 bits per heavy atom. The van der Waals surface area contributed by atoms with Crippen LogP contribution in [-0.4, -0.2) is 60.6 Å². The minimum absolute atomic E-state index is 0.0867. The molecule has 8 heteroatoms. The summed E-state index contributed by atoms with van der Waals surface area (Å²) < 4.78 is 30.1. The van der Waals surface area contributed by atoms with Crippen LogP contribution in [-0.2, 0) is 10.0 Å². The Labute approximate surface area is 118 Å². The maximum atomic E-state index is 12.2. The molecule has 1 fully saturated rings. The first-order chi connectivity index (χ1) is 9.44. The first kappa shape index (κ1) is 15.0. The van der Waals surface area contributed by atoms with Gasteiger partial charge in [-0.25, -0.2) is 12.7 Å². The van der Waals surface area contributed by atoms with Crippen molar-refractivity contribution in [3.63, 3.8) is 0 Å². The van der Waals surface area contributed by atoms with Crippen molar-refractivity contribution < 1.29 is 17.7 Å². The van der Waals surface area contributed by atoms with E-state index in [0.29, 0.717) is 38.4 Å². The van der Waals surface area contributed by atoms with E-state index in [2.05, 4.69) is 5.16 Å². The van der Waals surface area contributed by atoms with Crippen LogP contribution in [0.25, 0.3) is 0 Å². The molecule has 1 amide bonds. The van der Waals surface area contributed by atoms with E-state index in [-0.39, 0.29) is 17.4 Å². The molecule has 2 rings (SSSR count). The second-order valence-electron chi connectivity index (χ2n) is 4.77. The lowest BCUT2D eigenvalue weighted by atomic mass is 10.3. The molecule has 0 radical (unpaired) electrons. The van der Waals surface area contributed by atoms with Crippen molar-refractivity contribution in [1.29, 1.82) is 0 Å². The van der Waals surface area contributed by atoms with E-state index < -0.39 is 10.0 Å². The van der Waals surface area contributed by atoms with E-state index in [1.807, 2.05) is 0 Å². The number of nitrogens with zero attached hydrogens (tertiary/aromatic N) is 3. The number of hydrogen-bond donors (Lipinski definition) is 0. The molecule has 112 valence electrons. The molecule has 20 heavy (non-hydrogen) atoms. The SMILES string of the molecule is CCS(=O)(=O)N1CCCN(C(=O)c2cc(C)on2)CC1. The number of aryl methyl sites for hydroxylation is 1. The topological polar surface area (TPSA) is 83.7 Å². The second-order valence-corrected chi connectivity index (χ2v) is 7.03. The Morgan fingerprint density at radius 3 is 2.70 bits per heavy atom. The van der Waals surface area contributed by atoms with Crippen LogP contribution < -0.4 is 0 Å². The van der Waals surface area contributed by atoms with Gasteiger partial charge >= 0.3 is 0 Å². The fourth-order valence-corrected chi connectivity index (χ4v) is 3.32. The number of carbonyl (C=O) groups is 1. The molecule has 2 heterocycles. The third-order valence-electron chi connectivity index (χ3n) is 3.35. The highest BCUT2D eigenvalue weighted by Gasteiger charge is 2.27. The van der Waals surface area contributed by atoms with Crippen LogP contribution in [0, 0.1) is 6.92 Å².